The zero-order chi connectivity index (χ0) is 15.2. The van der Waals surface area contributed by atoms with Gasteiger partial charge < -0.3 is 15.2 Å². The number of nitro benzene ring substituents is 1. The Labute approximate surface area is 122 Å². The van der Waals surface area contributed by atoms with Crippen molar-refractivity contribution in [2.24, 2.45) is 5.73 Å². The zero-order valence-corrected chi connectivity index (χ0v) is 11.6. The number of benzene rings is 2. The topological polar surface area (TPSA) is 87.6 Å². The number of nitrogens with zero attached hydrogens (tertiary/aromatic N) is 1. The minimum Gasteiger partial charge on any atom is -0.497 e. The summed E-state index contributed by atoms with van der Waals surface area (Å²) in [5.74, 6) is 0.923. The van der Waals surface area contributed by atoms with Gasteiger partial charge in [-0.05, 0) is 29.3 Å². The first-order valence-electron chi connectivity index (χ1n) is 6.37. The van der Waals surface area contributed by atoms with E-state index in [0.29, 0.717) is 12.3 Å². The maximum atomic E-state index is 11.0. The van der Waals surface area contributed by atoms with Gasteiger partial charge in [-0.2, -0.15) is 0 Å². The van der Waals surface area contributed by atoms with Crippen LogP contribution in [-0.2, 0) is 13.2 Å². The van der Waals surface area contributed by atoms with Crippen LogP contribution in [0.25, 0.3) is 0 Å². The first-order valence-corrected chi connectivity index (χ1v) is 6.37. The van der Waals surface area contributed by atoms with E-state index in [1.54, 1.807) is 19.2 Å². The summed E-state index contributed by atoms with van der Waals surface area (Å²) in [5, 5.41) is 11.0. The molecule has 0 aliphatic carbocycles. The Bertz CT molecular complexity index is 643. The van der Waals surface area contributed by atoms with Crippen molar-refractivity contribution in [3.05, 3.63) is 63.7 Å². The van der Waals surface area contributed by atoms with Gasteiger partial charge in [0.15, 0.2) is 5.75 Å². The van der Waals surface area contributed by atoms with E-state index in [2.05, 4.69) is 0 Å². The predicted molar refractivity (Wildman–Crippen MR) is 78.3 cm³/mol. The molecular formula is C15H16N2O4. The summed E-state index contributed by atoms with van der Waals surface area (Å²) in [6.45, 7) is 0.513. The van der Waals surface area contributed by atoms with Gasteiger partial charge in [0.1, 0.15) is 12.4 Å². The molecule has 0 aliphatic rings. The van der Waals surface area contributed by atoms with Gasteiger partial charge in [0.2, 0.25) is 0 Å². The zero-order valence-electron chi connectivity index (χ0n) is 11.6. The van der Waals surface area contributed by atoms with Crippen molar-refractivity contribution in [1.82, 2.24) is 0 Å². The minimum atomic E-state index is -0.471. The van der Waals surface area contributed by atoms with Crippen molar-refractivity contribution in [2.75, 3.05) is 7.11 Å². The summed E-state index contributed by atoms with van der Waals surface area (Å²) < 4.78 is 10.7. The predicted octanol–water partition coefficient (Wildman–Crippen LogP) is 2.64. The standard InChI is InChI=1S/C15H16N2O4/c1-20-13-4-2-3-12(7-13)10-21-15-8-11(9-16)5-6-14(15)17(18)19/h2-8H,9-10,16H2,1H3. The third kappa shape index (κ3) is 3.70. The number of nitrogens with two attached hydrogens (primary N) is 1. The van der Waals surface area contributed by atoms with Gasteiger partial charge in [-0.25, -0.2) is 0 Å². The molecule has 2 rings (SSSR count). The molecular weight excluding hydrogens is 272 g/mol. The summed E-state index contributed by atoms with van der Waals surface area (Å²) in [4.78, 5) is 10.5. The van der Waals surface area contributed by atoms with Crippen LogP contribution in [-0.4, -0.2) is 12.0 Å². The average Bonchev–Trinajstić information content (AvgIpc) is 2.52. The van der Waals surface area contributed by atoms with Gasteiger partial charge in [0, 0.05) is 12.6 Å². The molecule has 0 fully saturated rings. The highest BCUT2D eigenvalue weighted by Gasteiger charge is 2.15. The van der Waals surface area contributed by atoms with Crippen LogP contribution >= 0.6 is 0 Å². The van der Waals surface area contributed by atoms with Gasteiger partial charge in [0.25, 0.3) is 0 Å². The Balaban J connectivity index is 2.19. The van der Waals surface area contributed by atoms with Crippen molar-refractivity contribution in [3.63, 3.8) is 0 Å². The fourth-order valence-corrected chi connectivity index (χ4v) is 1.88. The lowest BCUT2D eigenvalue weighted by Crippen LogP contribution is -2.02. The largest absolute Gasteiger partial charge is 0.497 e. The second kappa shape index (κ2) is 6.71. The van der Waals surface area contributed by atoms with E-state index >= 15 is 0 Å². The van der Waals surface area contributed by atoms with Crippen molar-refractivity contribution in [2.45, 2.75) is 13.2 Å². The highest BCUT2D eigenvalue weighted by atomic mass is 16.6. The van der Waals surface area contributed by atoms with Crippen molar-refractivity contribution in [3.8, 4) is 11.5 Å². The molecule has 0 unspecified atom stereocenters. The molecule has 6 heteroatoms. The van der Waals surface area contributed by atoms with E-state index in [-0.39, 0.29) is 18.0 Å². The summed E-state index contributed by atoms with van der Waals surface area (Å²) in [6.07, 6.45) is 0. The maximum absolute atomic E-state index is 11.0. The van der Waals surface area contributed by atoms with E-state index in [9.17, 15) is 10.1 Å². The van der Waals surface area contributed by atoms with E-state index < -0.39 is 4.92 Å². The summed E-state index contributed by atoms with van der Waals surface area (Å²) >= 11 is 0. The number of ether oxygens (including phenoxy) is 2. The van der Waals surface area contributed by atoms with Crippen LogP contribution in [0, 0.1) is 10.1 Å². The quantitative estimate of drug-likeness (QED) is 0.652. The molecule has 0 saturated carbocycles. The molecule has 0 atom stereocenters. The highest BCUT2D eigenvalue weighted by Crippen LogP contribution is 2.29. The molecule has 2 N–H and O–H groups in total. The molecule has 2 aromatic rings. The van der Waals surface area contributed by atoms with Gasteiger partial charge >= 0.3 is 5.69 Å². The number of hydrogen-bond donors (Lipinski definition) is 1. The lowest BCUT2D eigenvalue weighted by molar-refractivity contribution is -0.386. The number of rotatable bonds is 6. The van der Waals surface area contributed by atoms with E-state index in [4.69, 9.17) is 15.2 Å². The Morgan fingerprint density at radius 1 is 1.19 bits per heavy atom. The van der Waals surface area contributed by atoms with Crippen molar-refractivity contribution in [1.29, 1.82) is 0 Å². The minimum absolute atomic E-state index is 0.0740. The third-order valence-corrected chi connectivity index (χ3v) is 2.99. The highest BCUT2D eigenvalue weighted by molar-refractivity contribution is 5.48. The smallest absolute Gasteiger partial charge is 0.310 e. The molecule has 0 amide bonds. The molecule has 6 nitrogen and oxygen atoms in total. The lowest BCUT2D eigenvalue weighted by atomic mass is 10.2. The normalized spacial score (nSPS) is 10.2. The molecule has 0 radical (unpaired) electrons. The maximum Gasteiger partial charge on any atom is 0.310 e. The van der Waals surface area contributed by atoms with Crippen LogP contribution in [0.15, 0.2) is 42.5 Å². The van der Waals surface area contributed by atoms with Crippen LogP contribution in [0.1, 0.15) is 11.1 Å². The van der Waals surface area contributed by atoms with Crippen molar-refractivity contribution >= 4 is 5.69 Å². The molecule has 0 aliphatic heterocycles. The Hall–Kier alpha value is -2.60. The molecule has 0 aromatic heterocycles. The van der Waals surface area contributed by atoms with Gasteiger partial charge in [-0.1, -0.05) is 18.2 Å². The Morgan fingerprint density at radius 3 is 2.67 bits per heavy atom. The van der Waals surface area contributed by atoms with Gasteiger partial charge in [-0.3, -0.25) is 10.1 Å². The average molecular weight is 288 g/mol. The van der Waals surface area contributed by atoms with Crippen LogP contribution in [0.4, 0.5) is 5.69 Å². The van der Waals surface area contributed by atoms with E-state index in [1.807, 2.05) is 24.3 Å². The second-order valence-corrected chi connectivity index (χ2v) is 4.40. The monoisotopic (exact) mass is 288 g/mol. The van der Waals surface area contributed by atoms with E-state index in [1.165, 1.54) is 6.07 Å². The molecule has 2 aromatic carbocycles. The number of nitro groups is 1. The number of methoxy groups -OCH3 is 1. The van der Waals surface area contributed by atoms with Crippen LogP contribution in [0.3, 0.4) is 0 Å². The molecule has 21 heavy (non-hydrogen) atoms. The fraction of sp³-hybridized carbons (Fsp3) is 0.200. The van der Waals surface area contributed by atoms with Crippen LogP contribution in [0.5, 0.6) is 11.5 Å². The van der Waals surface area contributed by atoms with Crippen LogP contribution < -0.4 is 15.2 Å². The summed E-state index contributed by atoms with van der Waals surface area (Å²) in [5.41, 5.74) is 7.12. The Morgan fingerprint density at radius 2 is 2.00 bits per heavy atom. The van der Waals surface area contributed by atoms with E-state index in [0.717, 1.165) is 11.1 Å². The lowest BCUT2D eigenvalue weighted by Gasteiger charge is -2.09. The van der Waals surface area contributed by atoms with Crippen molar-refractivity contribution < 1.29 is 14.4 Å². The first-order chi connectivity index (χ1) is 10.1. The second-order valence-electron chi connectivity index (χ2n) is 4.40. The third-order valence-electron chi connectivity index (χ3n) is 2.99. The molecule has 0 bridgehead atoms. The molecule has 0 heterocycles. The first kappa shape index (κ1) is 14.8. The summed E-state index contributed by atoms with van der Waals surface area (Å²) in [7, 11) is 1.58. The molecule has 0 spiro atoms. The summed E-state index contributed by atoms with van der Waals surface area (Å²) in [6, 6.07) is 12.0. The number of hydrogen-bond acceptors (Lipinski definition) is 5. The fourth-order valence-electron chi connectivity index (χ4n) is 1.88. The molecule has 110 valence electrons. The van der Waals surface area contributed by atoms with Gasteiger partial charge in [0.05, 0.1) is 12.0 Å². The SMILES string of the molecule is COc1cccc(COc2cc(CN)ccc2[N+](=O)[O-])c1. The van der Waals surface area contributed by atoms with Gasteiger partial charge in [-0.15, -0.1) is 0 Å². The van der Waals surface area contributed by atoms with Crippen LogP contribution in [0.2, 0.25) is 0 Å². The molecule has 0 saturated heterocycles. The Kier molecular flexibility index (Phi) is 4.73.